The van der Waals surface area contributed by atoms with E-state index in [-0.39, 0.29) is 5.91 Å². The normalized spacial score (nSPS) is 10.8. The van der Waals surface area contributed by atoms with Gasteiger partial charge in [0.05, 0.1) is 23.1 Å². The average molecular weight is 434 g/mol. The molecule has 0 N–H and O–H groups in total. The molecular formula is C24H27N5OS. The summed E-state index contributed by atoms with van der Waals surface area (Å²) in [6.45, 7) is 4.00. The Bertz CT molecular complexity index is 1050. The van der Waals surface area contributed by atoms with E-state index in [4.69, 9.17) is 5.26 Å². The number of nitriles is 1. The zero-order valence-electron chi connectivity index (χ0n) is 18.2. The zero-order chi connectivity index (χ0) is 22.2. The summed E-state index contributed by atoms with van der Waals surface area (Å²) in [6.07, 6.45) is 3.69. The Labute approximate surface area is 188 Å². The number of aryl methyl sites for hydroxylation is 1. The molecule has 3 rings (SSSR count). The SMILES string of the molecule is Cc1ccccc1-n1ccnc1SCC(=O)N(CCN(C)C)Cc1ccc(C#N)cc1. The van der Waals surface area contributed by atoms with Crippen LogP contribution in [-0.4, -0.2) is 58.2 Å². The van der Waals surface area contributed by atoms with Crippen LogP contribution in [0.1, 0.15) is 16.7 Å². The third-order valence-electron chi connectivity index (χ3n) is 4.93. The van der Waals surface area contributed by atoms with E-state index in [2.05, 4.69) is 35.0 Å². The molecule has 6 nitrogen and oxygen atoms in total. The second-order valence-corrected chi connectivity index (χ2v) is 8.52. The molecule has 0 aliphatic carbocycles. The highest BCUT2D eigenvalue weighted by Crippen LogP contribution is 2.23. The molecule has 7 heteroatoms. The molecule has 0 radical (unpaired) electrons. The number of likely N-dealkylation sites (N-methyl/N-ethyl adjacent to an activating group) is 1. The molecule has 0 atom stereocenters. The molecule has 1 amide bonds. The number of para-hydroxylation sites is 1. The number of amides is 1. The van der Waals surface area contributed by atoms with Crippen molar-refractivity contribution in [3.05, 3.63) is 77.6 Å². The van der Waals surface area contributed by atoms with Crippen molar-refractivity contribution in [3.8, 4) is 11.8 Å². The van der Waals surface area contributed by atoms with Crippen LogP contribution in [0.5, 0.6) is 0 Å². The Morgan fingerprint density at radius 3 is 2.55 bits per heavy atom. The van der Waals surface area contributed by atoms with Crippen LogP contribution < -0.4 is 0 Å². The highest BCUT2D eigenvalue weighted by atomic mass is 32.2. The van der Waals surface area contributed by atoms with Crippen LogP contribution >= 0.6 is 11.8 Å². The first-order valence-corrected chi connectivity index (χ1v) is 11.1. The monoisotopic (exact) mass is 433 g/mol. The molecule has 1 heterocycles. The predicted octanol–water partition coefficient (Wildman–Crippen LogP) is 3.73. The van der Waals surface area contributed by atoms with E-state index in [0.29, 0.717) is 24.4 Å². The lowest BCUT2D eigenvalue weighted by atomic mass is 10.1. The van der Waals surface area contributed by atoms with E-state index < -0.39 is 0 Å². The van der Waals surface area contributed by atoms with Crippen LogP contribution in [0.4, 0.5) is 0 Å². The predicted molar refractivity (Wildman–Crippen MR) is 124 cm³/mol. The molecule has 160 valence electrons. The summed E-state index contributed by atoms with van der Waals surface area (Å²) in [7, 11) is 4.00. The molecule has 0 aliphatic heterocycles. The summed E-state index contributed by atoms with van der Waals surface area (Å²) >= 11 is 1.45. The first-order chi connectivity index (χ1) is 15.0. The van der Waals surface area contributed by atoms with Crippen molar-refractivity contribution in [1.82, 2.24) is 19.4 Å². The molecule has 3 aromatic rings. The summed E-state index contributed by atoms with van der Waals surface area (Å²) in [6, 6.07) is 17.7. The zero-order valence-corrected chi connectivity index (χ0v) is 19.0. The maximum Gasteiger partial charge on any atom is 0.233 e. The van der Waals surface area contributed by atoms with E-state index in [0.717, 1.165) is 28.5 Å². The Balaban J connectivity index is 1.70. The Morgan fingerprint density at radius 2 is 1.87 bits per heavy atom. The number of benzene rings is 2. The van der Waals surface area contributed by atoms with Crippen molar-refractivity contribution in [1.29, 1.82) is 5.26 Å². The quantitative estimate of drug-likeness (QED) is 0.481. The van der Waals surface area contributed by atoms with Crippen LogP contribution in [0.3, 0.4) is 0 Å². The van der Waals surface area contributed by atoms with Crippen LogP contribution in [-0.2, 0) is 11.3 Å². The van der Waals surface area contributed by atoms with Gasteiger partial charge in [-0.25, -0.2) is 4.98 Å². The maximum absolute atomic E-state index is 13.1. The molecule has 31 heavy (non-hydrogen) atoms. The number of thioether (sulfide) groups is 1. The minimum atomic E-state index is 0.0653. The molecule has 1 aromatic heterocycles. The van der Waals surface area contributed by atoms with Gasteiger partial charge in [-0.3, -0.25) is 9.36 Å². The number of carbonyl (C=O) groups excluding carboxylic acids is 1. The van der Waals surface area contributed by atoms with Gasteiger partial charge in [-0.1, -0.05) is 42.1 Å². The second kappa shape index (κ2) is 10.8. The molecule has 0 fully saturated rings. The van der Waals surface area contributed by atoms with Crippen molar-refractivity contribution in [2.24, 2.45) is 0 Å². The first-order valence-electron chi connectivity index (χ1n) is 10.1. The van der Waals surface area contributed by atoms with Crippen molar-refractivity contribution in [3.63, 3.8) is 0 Å². The van der Waals surface area contributed by atoms with Gasteiger partial charge >= 0.3 is 0 Å². The number of nitrogens with zero attached hydrogens (tertiary/aromatic N) is 5. The Morgan fingerprint density at radius 1 is 1.13 bits per heavy atom. The summed E-state index contributed by atoms with van der Waals surface area (Å²) < 4.78 is 2.03. The smallest absolute Gasteiger partial charge is 0.233 e. The van der Waals surface area contributed by atoms with Gasteiger partial charge in [0, 0.05) is 32.0 Å². The highest BCUT2D eigenvalue weighted by molar-refractivity contribution is 7.99. The molecule has 2 aromatic carbocycles. The van der Waals surface area contributed by atoms with Crippen LogP contribution in [0, 0.1) is 18.3 Å². The van der Waals surface area contributed by atoms with E-state index >= 15 is 0 Å². The number of hydrogen-bond acceptors (Lipinski definition) is 5. The molecular weight excluding hydrogens is 406 g/mol. The van der Waals surface area contributed by atoms with Gasteiger partial charge in [0.1, 0.15) is 0 Å². The second-order valence-electron chi connectivity index (χ2n) is 7.58. The number of imidazole rings is 1. The lowest BCUT2D eigenvalue weighted by Crippen LogP contribution is -2.37. The molecule has 0 bridgehead atoms. The summed E-state index contributed by atoms with van der Waals surface area (Å²) in [5.74, 6) is 0.377. The highest BCUT2D eigenvalue weighted by Gasteiger charge is 2.17. The van der Waals surface area contributed by atoms with Gasteiger partial charge in [0.25, 0.3) is 0 Å². The van der Waals surface area contributed by atoms with Gasteiger partial charge in [-0.05, 0) is 50.3 Å². The fourth-order valence-corrected chi connectivity index (χ4v) is 4.02. The summed E-state index contributed by atoms with van der Waals surface area (Å²) in [5, 5.41) is 9.80. The lowest BCUT2D eigenvalue weighted by molar-refractivity contribution is -0.129. The summed E-state index contributed by atoms with van der Waals surface area (Å²) in [5.41, 5.74) is 3.85. The molecule has 0 spiro atoms. The van der Waals surface area contributed by atoms with Gasteiger partial charge < -0.3 is 9.80 Å². The van der Waals surface area contributed by atoms with E-state index in [1.165, 1.54) is 11.8 Å². The van der Waals surface area contributed by atoms with Gasteiger partial charge in [0.15, 0.2) is 5.16 Å². The van der Waals surface area contributed by atoms with Crippen molar-refractivity contribution < 1.29 is 4.79 Å². The van der Waals surface area contributed by atoms with Gasteiger partial charge in [0.2, 0.25) is 5.91 Å². The summed E-state index contributed by atoms with van der Waals surface area (Å²) in [4.78, 5) is 21.5. The van der Waals surface area contributed by atoms with Gasteiger partial charge in [-0.2, -0.15) is 5.26 Å². The number of rotatable bonds is 9. The minimum Gasteiger partial charge on any atom is -0.336 e. The largest absolute Gasteiger partial charge is 0.336 e. The molecule has 0 aliphatic rings. The average Bonchev–Trinajstić information content (AvgIpc) is 3.24. The van der Waals surface area contributed by atoms with E-state index in [1.807, 2.05) is 54.0 Å². The van der Waals surface area contributed by atoms with Crippen LogP contribution in [0.25, 0.3) is 5.69 Å². The topological polar surface area (TPSA) is 65.2 Å². The van der Waals surface area contributed by atoms with E-state index in [9.17, 15) is 4.79 Å². The van der Waals surface area contributed by atoms with Crippen molar-refractivity contribution in [2.75, 3.05) is 32.9 Å². The maximum atomic E-state index is 13.1. The standard InChI is InChI=1S/C24H27N5OS/c1-19-6-4-5-7-22(19)29-13-12-26-24(29)31-18-23(30)28(15-14-27(2)3)17-21-10-8-20(16-25)9-11-21/h4-13H,14-15,17-18H2,1-3H3. The minimum absolute atomic E-state index is 0.0653. The van der Waals surface area contributed by atoms with Crippen molar-refractivity contribution >= 4 is 17.7 Å². The van der Waals surface area contributed by atoms with Crippen molar-refractivity contribution in [2.45, 2.75) is 18.6 Å². The Hall–Kier alpha value is -3.08. The Kier molecular flexibility index (Phi) is 7.88. The van der Waals surface area contributed by atoms with Gasteiger partial charge in [-0.15, -0.1) is 0 Å². The lowest BCUT2D eigenvalue weighted by Gasteiger charge is -2.24. The van der Waals surface area contributed by atoms with E-state index in [1.54, 1.807) is 18.3 Å². The number of hydrogen-bond donors (Lipinski definition) is 0. The van der Waals surface area contributed by atoms with Crippen LogP contribution in [0.2, 0.25) is 0 Å². The molecule has 0 unspecified atom stereocenters. The third kappa shape index (κ3) is 6.20. The fourth-order valence-electron chi connectivity index (χ4n) is 3.15. The number of aromatic nitrogens is 2. The van der Waals surface area contributed by atoms with Crippen LogP contribution in [0.15, 0.2) is 66.1 Å². The first kappa shape index (κ1) is 22.6. The molecule has 0 saturated heterocycles. The number of carbonyl (C=O) groups is 1. The third-order valence-corrected chi connectivity index (χ3v) is 5.88. The molecule has 0 saturated carbocycles. The fraction of sp³-hybridized carbons (Fsp3) is 0.292.